The normalized spacial score (nSPS) is 11.5. The first kappa shape index (κ1) is 19.9. The zero-order valence-electron chi connectivity index (χ0n) is 16.1. The average molecular weight is 365 g/mol. The number of rotatable bonds is 8. The van der Waals surface area contributed by atoms with E-state index in [4.69, 9.17) is 4.74 Å². The summed E-state index contributed by atoms with van der Waals surface area (Å²) in [5, 5.41) is 0. The summed E-state index contributed by atoms with van der Waals surface area (Å²) < 4.78 is 9.80. The maximum atomic E-state index is 12.5. The van der Waals surface area contributed by atoms with Gasteiger partial charge in [-0.25, -0.2) is 9.78 Å². The Morgan fingerprint density at radius 2 is 2.00 bits per heavy atom. The Morgan fingerprint density at radius 3 is 2.62 bits per heavy atom. The fraction of sp³-hybridized carbons (Fsp3) is 0.647. The van der Waals surface area contributed by atoms with Crippen molar-refractivity contribution in [2.75, 3.05) is 20.7 Å². The summed E-state index contributed by atoms with van der Waals surface area (Å²) in [6.07, 6.45) is 2.51. The SMILES string of the molecule is CC(C)Cn1c(=O)n(C)c(=O)c2c1ncn2COCCCC(=O)N(C)C. The molecule has 2 aromatic heterocycles. The Kier molecular flexibility index (Phi) is 6.36. The Bertz CT molecular complexity index is 891. The van der Waals surface area contributed by atoms with E-state index >= 15 is 0 Å². The fourth-order valence-corrected chi connectivity index (χ4v) is 2.64. The first-order valence-corrected chi connectivity index (χ1v) is 8.66. The second kappa shape index (κ2) is 8.31. The van der Waals surface area contributed by atoms with Crippen molar-refractivity contribution in [3.05, 3.63) is 27.2 Å². The Morgan fingerprint density at radius 1 is 1.31 bits per heavy atom. The third-order valence-corrected chi connectivity index (χ3v) is 4.06. The molecule has 2 heterocycles. The quantitative estimate of drug-likeness (QED) is 0.631. The van der Waals surface area contributed by atoms with Gasteiger partial charge in [-0.15, -0.1) is 0 Å². The van der Waals surface area contributed by atoms with Crippen LogP contribution in [-0.2, 0) is 29.9 Å². The van der Waals surface area contributed by atoms with E-state index in [1.165, 1.54) is 17.9 Å². The highest BCUT2D eigenvalue weighted by atomic mass is 16.5. The van der Waals surface area contributed by atoms with Crippen LogP contribution < -0.4 is 11.2 Å². The van der Waals surface area contributed by atoms with E-state index in [2.05, 4.69) is 4.98 Å². The van der Waals surface area contributed by atoms with Crippen LogP contribution in [0.1, 0.15) is 26.7 Å². The molecule has 0 aliphatic heterocycles. The minimum absolute atomic E-state index is 0.0493. The predicted octanol–water partition coefficient (Wildman–Crippen LogP) is 0.395. The van der Waals surface area contributed by atoms with E-state index in [1.54, 1.807) is 23.6 Å². The van der Waals surface area contributed by atoms with E-state index in [0.29, 0.717) is 37.2 Å². The van der Waals surface area contributed by atoms with Crippen molar-refractivity contribution in [1.29, 1.82) is 0 Å². The van der Waals surface area contributed by atoms with E-state index in [-0.39, 0.29) is 24.2 Å². The molecule has 9 nitrogen and oxygen atoms in total. The molecule has 9 heteroatoms. The topological polar surface area (TPSA) is 91.4 Å². The monoisotopic (exact) mass is 365 g/mol. The van der Waals surface area contributed by atoms with Crippen molar-refractivity contribution in [2.45, 2.75) is 40.0 Å². The number of carbonyl (C=O) groups excluding carboxylic acids is 1. The standard InChI is InChI=1S/C17H27N5O4/c1-12(2)9-22-15-14(16(24)20(5)17(22)25)21(10-18-15)11-26-8-6-7-13(23)19(3)4/h10,12H,6-9,11H2,1-5H3. The molecule has 0 radical (unpaired) electrons. The molecule has 1 amide bonds. The number of carbonyl (C=O) groups is 1. The number of fused-ring (bicyclic) bond motifs is 1. The zero-order valence-corrected chi connectivity index (χ0v) is 16.1. The molecule has 0 bridgehead atoms. The van der Waals surface area contributed by atoms with Crippen LogP contribution in [0, 0.1) is 5.92 Å². The molecule has 0 N–H and O–H groups in total. The molecule has 0 aliphatic rings. The summed E-state index contributed by atoms with van der Waals surface area (Å²) >= 11 is 0. The first-order chi connectivity index (χ1) is 12.2. The van der Waals surface area contributed by atoms with Crippen LogP contribution in [0.15, 0.2) is 15.9 Å². The summed E-state index contributed by atoms with van der Waals surface area (Å²) in [6, 6.07) is 0. The Balaban J connectivity index is 2.17. The van der Waals surface area contributed by atoms with Crippen molar-refractivity contribution < 1.29 is 9.53 Å². The minimum Gasteiger partial charge on any atom is -0.361 e. The third-order valence-electron chi connectivity index (χ3n) is 4.06. The van der Waals surface area contributed by atoms with Crippen molar-refractivity contribution in [2.24, 2.45) is 13.0 Å². The van der Waals surface area contributed by atoms with E-state index < -0.39 is 5.56 Å². The molecule has 144 valence electrons. The summed E-state index contributed by atoms with van der Waals surface area (Å²) in [6.45, 7) is 5.01. The highest BCUT2D eigenvalue weighted by molar-refractivity contribution is 5.75. The molecule has 0 saturated heterocycles. The molecule has 0 spiro atoms. The Hall–Kier alpha value is -2.42. The van der Waals surface area contributed by atoms with Crippen molar-refractivity contribution in [3.63, 3.8) is 0 Å². The fourth-order valence-electron chi connectivity index (χ4n) is 2.64. The van der Waals surface area contributed by atoms with Crippen LogP contribution in [-0.4, -0.2) is 50.2 Å². The third kappa shape index (κ3) is 4.21. The number of imidazole rings is 1. The van der Waals surface area contributed by atoms with Crippen molar-refractivity contribution >= 4 is 17.1 Å². The molecule has 0 saturated carbocycles. The van der Waals surface area contributed by atoms with Crippen LogP contribution in [0.2, 0.25) is 0 Å². The highest BCUT2D eigenvalue weighted by Crippen LogP contribution is 2.09. The maximum absolute atomic E-state index is 12.5. The van der Waals surface area contributed by atoms with Gasteiger partial charge < -0.3 is 14.2 Å². The summed E-state index contributed by atoms with van der Waals surface area (Å²) in [5.41, 5.74) is -0.0474. The summed E-state index contributed by atoms with van der Waals surface area (Å²) in [4.78, 5) is 42.2. The molecule has 0 aromatic carbocycles. The zero-order chi connectivity index (χ0) is 19.4. The average Bonchev–Trinajstić information content (AvgIpc) is 2.99. The molecule has 2 rings (SSSR count). The molecule has 26 heavy (non-hydrogen) atoms. The van der Waals surface area contributed by atoms with Gasteiger partial charge in [-0.1, -0.05) is 13.8 Å². The number of ether oxygens (including phenoxy) is 1. The largest absolute Gasteiger partial charge is 0.361 e. The lowest BCUT2D eigenvalue weighted by Crippen LogP contribution is -2.39. The van der Waals surface area contributed by atoms with E-state index in [1.807, 2.05) is 13.8 Å². The number of aromatic nitrogens is 4. The molecule has 0 fully saturated rings. The van der Waals surface area contributed by atoms with Gasteiger partial charge in [0.05, 0.1) is 6.33 Å². The summed E-state index contributed by atoms with van der Waals surface area (Å²) in [7, 11) is 4.90. The lowest BCUT2D eigenvalue weighted by Gasteiger charge is -2.12. The highest BCUT2D eigenvalue weighted by Gasteiger charge is 2.17. The molecular formula is C17H27N5O4. The van der Waals surface area contributed by atoms with Crippen LogP contribution in [0.25, 0.3) is 11.2 Å². The predicted molar refractivity (Wildman–Crippen MR) is 98.0 cm³/mol. The van der Waals surface area contributed by atoms with Gasteiger partial charge in [0.15, 0.2) is 11.2 Å². The van der Waals surface area contributed by atoms with Gasteiger partial charge in [-0.2, -0.15) is 0 Å². The Labute approximate surface area is 151 Å². The second-order valence-electron chi connectivity index (χ2n) is 6.97. The van der Waals surface area contributed by atoms with Crippen LogP contribution in [0.5, 0.6) is 0 Å². The van der Waals surface area contributed by atoms with Crippen LogP contribution in [0.4, 0.5) is 0 Å². The smallest absolute Gasteiger partial charge is 0.332 e. The molecule has 2 aromatic rings. The van der Waals surface area contributed by atoms with Gasteiger partial charge in [0.2, 0.25) is 5.91 Å². The van der Waals surface area contributed by atoms with Gasteiger partial charge in [-0.05, 0) is 12.3 Å². The van der Waals surface area contributed by atoms with Crippen molar-refractivity contribution in [1.82, 2.24) is 23.6 Å². The lowest BCUT2D eigenvalue weighted by atomic mass is 10.2. The number of nitrogens with zero attached hydrogens (tertiary/aromatic N) is 5. The molecule has 0 unspecified atom stereocenters. The molecule has 0 aliphatic carbocycles. The van der Waals surface area contributed by atoms with Gasteiger partial charge in [0.1, 0.15) is 6.73 Å². The lowest BCUT2D eigenvalue weighted by molar-refractivity contribution is -0.129. The van der Waals surface area contributed by atoms with E-state index in [0.717, 1.165) is 4.57 Å². The minimum atomic E-state index is -0.395. The number of amides is 1. The van der Waals surface area contributed by atoms with Gasteiger partial charge in [0, 0.05) is 40.7 Å². The van der Waals surface area contributed by atoms with E-state index in [9.17, 15) is 14.4 Å². The number of hydrogen-bond donors (Lipinski definition) is 0. The van der Waals surface area contributed by atoms with Gasteiger partial charge in [0.25, 0.3) is 5.56 Å². The summed E-state index contributed by atoms with van der Waals surface area (Å²) in [5.74, 6) is 0.289. The second-order valence-corrected chi connectivity index (χ2v) is 6.97. The first-order valence-electron chi connectivity index (χ1n) is 8.66. The molecule has 0 atom stereocenters. The van der Waals surface area contributed by atoms with Crippen LogP contribution in [0.3, 0.4) is 0 Å². The number of hydrogen-bond acceptors (Lipinski definition) is 5. The van der Waals surface area contributed by atoms with Crippen LogP contribution >= 0.6 is 0 Å². The van der Waals surface area contributed by atoms with Crippen molar-refractivity contribution in [3.8, 4) is 0 Å². The molecular weight excluding hydrogens is 338 g/mol. The maximum Gasteiger partial charge on any atom is 0.332 e. The van der Waals surface area contributed by atoms with Gasteiger partial charge in [-0.3, -0.25) is 18.7 Å². The van der Waals surface area contributed by atoms with Gasteiger partial charge >= 0.3 is 5.69 Å².